The van der Waals surface area contributed by atoms with Crippen molar-refractivity contribution in [2.45, 2.75) is 11.3 Å². The minimum Gasteiger partial charge on any atom is -0.324 e. The first-order valence-corrected chi connectivity index (χ1v) is 11.9. The second-order valence-corrected chi connectivity index (χ2v) is 9.90. The van der Waals surface area contributed by atoms with E-state index >= 15 is 0 Å². The Morgan fingerprint density at radius 2 is 1.44 bits per heavy atom. The van der Waals surface area contributed by atoms with E-state index in [1.807, 2.05) is 0 Å². The van der Waals surface area contributed by atoms with Gasteiger partial charge < -0.3 is 5.32 Å². The molecule has 3 aromatic rings. The van der Waals surface area contributed by atoms with Crippen molar-refractivity contribution in [3.63, 3.8) is 0 Å². The lowest BCUT2D eigenvalue weighted by Gasteiger charge is -2.11. The predicted molar refractivity (Wildman–Crippen MR) is 127 cm³/mol. The number of nitrogens with two attached hydrogens (primary N) is 1. The summed E-state index contributed by atoms with van der Waals surface area (Å²) in [6, 6.07) is 12.8. The Hall–Kier alpha value is -2.13. The lowest BCUT2D eigenvalue weighted by molar-refractivity contribution is -0.115. The van der Waals surface area contributed by atoms with Crippen molar-refractivity contribution >= 4 is 73.8 Å². The molecule has 0 saturated carbocycles. The molecule has 0 radical (unpaired) electrons. The average molecular weight is 532 g/mol. The van der Waals surface area contributed by atoms with Crippen molar-refractivity contribution in [2.75, 3.05) is 5.32 Å². The molecule has 0 aliphatic carbocycles. The number of hydrogen-bond acceptors (Lipinski definition) is 4. The summed E-state index contributed by atoms with van der Waals surface area (Å²) in [7, 11) is -3.92. The molecule has 0 unspecified atom stereocenters. The van der Waals surface area contributed by atoms with Gasteiger partial charge >= 0.3 is 0 Å². The van der Waals surface area contributed by atoms with Crippen LogP contribution in [-0.2, 0) is 21.2 Å². The van der Waals surface area contributed by atoms with Gasteiger partial charge in [0.25, 0.3) is 0 Å². The van der Waals surface area contributed by atoms with Crippen LogP contribution in [0.4, 0.5) is 5.69 Å². The zero-order valence-electron chi connectivity index (χ0n) is 16.0. The van der Waals surface area contributed by atoms with Gasteiger partial charge in [0.1, 0.15) is 0 Å². The summed E-state index contributed by atoms with van der Waals surface area (Å²) in [5.41, 5.74) is 1.06. The van der Waals surface area contributed by atoms with Gasteiger partial charge in [-0.25, -0.2) is 13.6 Å². The zero-order valence-corrected chi connectivity index (χ0v) is 19.9. The van der Waals surface area contributed by atoms with Gasteiger partial charge in [0, 0.05) is 16.1 Å². The maximum Gasteiger partial charge on any atom is 0.238 e. The van der Waals surface area contributed by atoms with Crippen LogP contribution in [0.5, 0.6) is 0 Å². The molecule has 0 aromatic heterocycles. The minimum atomic E-state index is -3.92. The highest BCUT2D eigenvalue weighted by Crippen LogP contribution is 2.28. The monoisotopic (exact) mass is 530 g/mol. The molecule has 1 amide bonds. The van der Waals surface area contributed by atoms with Gasteiger partial charge in [-0.1, -0.05) is 52.5 Å². The Balaban J connectivity index is 1.81. The van der Waals surface area contributed by atoms with Crippen molar-refractivity contribution in [1.82, 2.24) is 0 Å². The first-order chi connectivity index (χ1) is 15.0. The molecule has 0 spiro atoms. The van der Waals surface area contributed by atoms with Gasteiger partial charge in [-0.3, -0.25) is 9.59 Å². The van der Waals surface area contributed by atoms with Gasteiger partial charge in [-0.05, 0) is 54.1 Å². The van der Waals surface area contributed by atoms with E-state index in [2.05, 4.69) is 5.32 Å². The van der Waals surface area contributed by atoms with E-state index in [-0.39, 0.29) is 43.2 Å². The van der Waals surface area contributed by atoms with E-state index < -0.39 is 21.7 Å². The number of benzene rings is 3. The number of halogens is 4. The SMILES string of the molecule is NS(=O)(=O)c1ccc(NC(=O)Cc2ccc(Cl)c(C(=O)c3cc(Cl)ccc3Cl)c2)c(Cl)c1. The Bertz CT molecular complexity index is 1340. The highest BCUT2D eigenvalue weighted by Gasteiger charge is 2.18. The third kappa shape index (κ3) is 5.81. The van der Waals surface area contributed by atoms with Crippen LogP contribution < -0.4 is 10.5 Å². The molecule has 0 atom stereocenters. The van der Waals surface area contributed by atoms with Crippen LogP contribution in [-0.4, -0.2) is 20.1 Å². The highest BCUT2D eigenvalue weighted by molar-refractivity contribution is 7.89. The first-order valence-electron chi connectivity index (χ1n) is 8.86. The molecular weight excluding hydrogens is 518 g/mol. The highest BCUT2D eigenvalue weighted by atomic mass is 35.5. The fourth-order valence-electron chi connectivity index (χ4n) is 2.83. The zero-order chi connectivity index (χ0) is 23.6. The summed E-state index contributed by atoms with van der Waals surface area (Å²) >= 11 is 24.3. The van der Waals surface area contributed by atoms with E-state index in [0.29, 0.717) is 10.6 Å². The number of sulfonamides is 1. The Morgan fingerprint density at radius 3 is 2.06 bits per heavy atom. The Kier molecular flexibility index (Phi) is 7.50. The summed E-state index contributed by atoms with van der Waals surface area (Å²) in [5.74, 6) is -0.886. The summed E-state index contributed by atoms with van der Waals surface area (Å²) in [6.07, 6.45) is -0.103. The quantitative estimate of drug-likeness (QED) is 0.417. The van der Waals surface area contributed by atoms with Crippen LogP contribution >= 0.6 is 46.4 Å². The second-order valence-electron chi connectivity index (χ2n) is 6.68. The molecule has 3 N–H and O–H groups in total. The largest absolute Gasteiger partial charge is 0.324 e. The molecule has 6 nitrogen and oxygen atoms in total. The number of carbonyl (C=O) groups excluding carboxylic acids is 2. The molecule has 0 bridgehead atoms. The lowest BCUT2D eigenvalue weighted by atomic mass is 10.00. The average Bonchev–Trinajstić information content (AvgIpc) is 2.71. The van der Waals surface area contributed by atoms with Gasteiger partial charge in [0.2, 0.25) is 15.9 Å². The lowest BCUT2D eigenvalue weighted by Crippen LogP contribution is -2.16. The molecule has 0 aliphatic heterocycles. The normalized spacial score (nSPS) is 11.3. The van der Waals surface area contributed by atoms with Crippen LogP contribution in [0.3, 0.4) is 0 Å². The van der Waals surface area contributed by atoms with E-state index in [1.54, 1.807) is 12.1 Å². The summed E-state index contributed by atoms with van der Waals surface area (Å²) in [5, 5.41) is 8.41. The molecule has 32 heavy (non-hydrogen) atoms. The number of nitrogens with one attached hydrogen (secondary N) is 1. The molecule has 3 rings (SSSR count). The van der Waals surface area contributed by atoms with Gasteiger partial charge in [0.15, 0.2) is 5.78 Å². The number of carbonyl (C=O) groups is 2. The maximum atomic E-state index is 12.9. The summed E-state index contributed by atoms with van der Waals surface area (Å²) in [6.45, 7) is 0. The van der Waals surface area contributed by atoms with Crippen molar-refractivity contribution in [3.8, 4) is 0 Å². The van der Waals surface area contributed by atoms with E-state index in [1.165, 1.54) is 36.4 Å². The van der Waals surface area contributed by atoms with Crippen molar-refractivity contribution in [1.29, 1.82) is 0 Å². The topological polar surface area (TPSA) is 106 Å². The standard InChI is InChI=1S/C21H14Cl4N2O4S/c22-12-2-5-17(24)15(9-12)21(29)14-7-11(1-4-16(14)23)8-20(28)27-19-6-3-13(10-18(19)25)32(26,30)31/h1-7,9-10H,8H2,(H,27,28)(H2,26,30,31). The smallest absolute Gasteiger partial charge is 0.238 e. The number of primary sulfonamides is 1. The first kappa shape index (κ1) is 24.5. The number of anilines is 1. The molecule has 0 fully saturated rings. The van der Waals surface area contributed by atoms with Crippen LogP contribution in [0.2, 0.25) is 20.1 Å². The third-order valence-corrected chi connectivity index (χ3v) is 6.47. The van der Waals surface area contributed by atoms with E-state index in [9.17, 15) is 18.0 Å². The van der Waals surface area contributed by atoms with Gasteiger partial charge in [-0.15, -0.1) is 0 Å². The second kappa shape index (κ2) is 9.79. The summed E-state index contributed by atoms with van der Waals surface area (Å²) < 4.78 is 22.8. The molecule has 0 heterocycles. The third-order valence-electron chi connectivity index (χ3n) is 4.36. The van der Waals surface area contributed by atoms with Crippen LogP contribution in [0.25, 0.3) is 0 Å². The summed E-state index contributed by atoms with van der Waals surface area (Å²) in [4.78, 5) is 25.2. The Labute approximate surface area is 204 Å². The number of amides is 1. The number of rotatable bonds is 6. The van der Waals surface area contributed by atoms with Crippen molar-refractivity contribution < 1.29 is 18.0 Å². The van der Waals surface area contributed by atoms with Crippen LogP contribution in [0.1, 0.15) is 21.5 Å². The fourth-order valence-corrected chi connectivity index (χ4v) is 4.24. The van der Waals surface area contributed by atoms with Crippen LogP contribution in [0.15, 0.2) is 59.5 Å². The number of hydrogen-bond donors (Lipinski definition) is 2. The van der Waals surface area contributed by atoms with Crippen molar-refractivity contribution in [3.05, 3.63) is 91.4 Å². The molecular formula is C21H14Cl4N2O4S. The molecule has 0 saturated heterocycles. The van der Waals surface area contributed by atoms with E-state index in [4.69, 9.17) is 51.5 Å². The van der Waals surface area contributed by atoms with E-state index in [0.717, 1.165) is 6.07 Å². The van der Waals surface area contributed by atoms with Crippen molar-refractivity contribution in [2.24, 2.45) is 5.14 Å². The van der Waals surface area contributed by atoms with Gasteiger partial charge in [0.05, 0.1) is 32.1 Å². The molecule has 3 aromatic carbocycles. The molecule has 166 valence electrons. The molecule has 11 heteroatoms. The van der Waals surface area contributed by atoms with Gasteiger partial charge in [-0.2, -0.15) is 0 Å². The predicted octanol–water partition coefficient (Wildman–Crippen LogP) is 5.36. The fraction of sp³-hybridized carbons (Fsp3) is 0.0476. The van der Waals surface area contributed by atoms with Crippen LogP contribution in [0, 0.1) is 0 Å². The molecule has 0 aliphatic rings. The number of ketones is 1. The minimum absolute atomic E-state index is 0.00689. The Morgan fingerprint density at radius 1 is 0.812 bits per heavy atom. The maximum absolute atomic E-state index is 12.9.